The van der Waals surface area contributed by atoms with Crippen LogP contribution in [0.1, 0.15) is 26.7 Å². The molecule has 0 atom stereocenters. The van der Waals surface area contributed by atoms with Gasteiger partial charge in [0.15, 0.2) is 11.6 Å². The molecule has 2 N–H and O–H groups in total. The van der Waals surface area contributed by atoms with E-state index in [1.165, 1.54) is 30.3 Å². The number of anilines is 2. The highest BCUT2D eigenvalue weighted by Crippen LogP contribution is 2.14. The van der Waals surface area contributed by atoms with Gasteiger partial charge < -0.3 is 24.5 Å². The summed E-state index contributed by atoms with van der Waals surface area (Å²) < 4.78 is 9.91. The predicted octanol–water partition coefficient (Wildman–Crippen LogP) is 2.54. The largest absolute Gasteiger partial charge is 0.459 e. The monoisotopic (exact) mass is 382 g/mol. The van der Waals surface area contributed by atoms with Crippen molar-refractivity contribution < 1.29 is 23.3 Å². The second-order valence-corrected chi connectivity index (χ2v) is 6.04. The van der Waals surface area contributed by atoms with E-state index in [9.17, 15) is 14.4 Å². The first-order valence-corrected chi connectivity index (χ1v) is 8.36. The fourth-order valence-corrected chi connectivity index (χ4v) is 2.45. The Balaban J connectivity index is 1.61. The first-order valence-electron chi connectivity index (χ1n) is 8.36. The van der Waals surface area contributed by atoms with Crippen molar-refractivity contribution in [2.75, 3.05) is 24.2 Å². The number of likely N-dealkylation sites (N-methyl/N-ethyl adjacent to an activating group) is 1. The lowest BCUT2D eigenvalue weighted by molar-refractivity contribution is -0.116. The zero-order valence-electron chi connectivity index (χ0n) is 15.3. The Labute approximate surface area is 160 Å². The first-order chi connectivity index (χ1) is 13.4. The van der Waals surface area contributed by atoms with E-state index in [0.717, 1.165) is 0 Å². The van der Waals surface area contributed by atoms with Crippen LogP contribution in [-0.4, -0.2) is 41.4 Å². The highest BCUT2D eigenvalue weighted by Gasteiger charge is 2.17. The van der Waals surface area contributed by atoms with Gasteiger partial charge in [0.1, 0.15) is 5.76 Å². The number of carbonyl (C=O) groups excluding carboxylic acids is 3. The molecule has 0 radical (unpaired) electrons. The van der Waals surface area contributed by atoms with Crippen LogP contribution in [0.25, 0.3) is 0 Å². The molecule has 0 unspecified atom stereocenters. The number of rotatable bonds is 6. The van der Waals surface area contributed by atoms with Crippen molar-refractivity contribution in [3.05, 3.63) is 65.8 Å². The van der Waals surface area contributed by atoms with Gasteiger partial charge in [-0.2, -0.15) is 0 Å². The summed E-state index contributed by atoms with van der Waals surface area (Å²) in [6.45, 7) is 1.53. The Kier molecular flexibility index (Phi) is 5.54. The van der Waals surface area contributed by atoms with E-state index >= 15 is 0 Å². The van der Waals surface area contributed by atoms with E-state index in [1.54, 1.807) is 37.3 Å². The molecule has 1 aromatic carbocycles. The lowest BCUT2D eigenvalue weighted by Gasteiger charge is -2.17. The van der Waals surface area contributed by atoms with Gasteiger partial charge in [-0.15, -0.1) is 0 Å². The lowest BCUT2D eigenvalue weighted by Crippen LogP contribution is -2.35. The van der Waals surface area contributed by atoms with Gasteiger partial charge in [0, 0.05) is 24.4 Å². The summed E-state index contributed by atoms with van der Waals surface area (Å²) >= 11 is 0. The smallest absolute Gasteiger partial charge is 0.291 e. The molecule has 9 heteroatoms. The zero-order chi connectivity index (χ0) is 20.1. The molecule has 28 heavy (non-hydrogen) atoms. The second kappa shape index (κ2) is 8.21. The van der Waals surface area contributed by atoms with E-state index in [0.29, 0.717) is 17.0 Å². The van der Waals surface area contributed by atoms with Crippen molar-refractivity contribution in [2.45, 2.75) is 6.92 Å². The third-order valence-corrected chi connectivity index (χ3v) is 3.74. The molecule has 9 nitrogen and oxygen atoms in total. The Morgan fingerprint density at radius 1 is 1.11 bits per heavy atom. The van der Waals surface area contributed by atoms with Crippen LogP contribution < -0.4 is 10.6 Å². The Morgan fingerprint density at radius 3 is 2.61 bits per heavy atom. The molecule has 0 aliphatic carbocycles. The molecule has 0 aliphatic heterocycles. The van der Waals surface area contributed by atoms with Gasteiger partial charge in [-0.05, 0) is 37.3 Å². The number of benzene rings is 1. The molecular formula is C19H18N4O5. The first kappa shape index (κ1) is 18.9. The number of hydrogen-bond donors (Lipinski definition) is 2. The van der Waals surface area contributed by atoms with E-state index in [2.05, 4.69) is 15.8 Å². The topological polar surface area (TPSA) is 118 Å². The molecule has 0 saturated carbocycles. The summed E-state index contributed by atoms with van der Waals surface area (Å²) in [7, 11) is 1.50. The van der Waals surface area contributed by atoms with Crippen LogP contribution >= 0.6 is 0 Å². The Bertz CT molecular complexity index is 993. The van der Waals surface area contributed by atoms with Gasteiger partial charge in [-0.1, -0.05) is 11.2 Å². The summed E-state index contributed by atoms with van der Waals surface area (Å²) in [5, 5.41) is 8.87. The molecule has 0 bridgehead atoms. The maximum absolute atomic E-state index is 12.6. The molecule has 0 fully saturated rings. The lowest BCUT2D eigenvalue weighted by atomic mass is 10.1. The molecule has 2 aromatic heterocycles. The molecular weight excluding hydrogens is 364 g/mol. The molecule has 2 heterocycles. The summed E-state index contributed by atoms with van der Waals surface area (Å²) in [5.41, 5.74) is 0.757. The van der Waals surface area contributed by atoms with Crippen LogP contribution in [0.4, 0.5) is 11.5 Å². The molecule has 3 rings (SSSR count). The third kappa shape index (κ3) is 4.64. The van der Waals surface area contributed by atoms with Crippen LogP contribution in [-0.2, 0) is 4.79 Å². The normalized spacial score (nSPS) is 10.4. The van der Waals surface area contributed by atoms with Crippen molar-refractivity contribution in [2.24, 2.45) is 0 Å². The minimum Gasteiger partial charge on any atom is -0.459 e. The molecule has 0 spiro atoms. The zero-order valence-corrected chi connectivity index (χ0v) is 15.3. The van der Waals surface area contributed by atoms with Crippen molar-refractivity contribution >= 4 is 29.2 Å². The number of hydrogen-bond acceptors (Lipinski definition) is 6. The highest BCUT2D eigenvalue weighted by atomic mass is 16.5. The predicted molar refractivity (Wildman–Crippen MR) is 99.9 cm³/mol. The standard InChI is InChI=1S/C19H18N4O5/c1-12-9-16(22-28-12)21-17(24)11-23(2)19(26)13-5-3-6-14(10-13)20-18(25)15-7-4-8-27-15/h3-10H,11H2,1-2H3,(H,20,25)(H,21,22,24). The Hall–Kier alpha value is -3.88. The van der Waals surface area contributed by atoms with Crippen molar-refractivity contribution in [3.63, 3.8) is 0 Å². The summed E-state index contributed by atoms with van der Waals surface area (Å²) in [4.78, 5) is 37.9. The van der Waals surface area contributed by atoms with Gasteiger partial charge in [0.05, 0.1) is 12.8 Å². The van der Waals surface area contributed by atoms with Crippen molar-refractivity contribution in [1.82, 2.24) is 10.1 Å². The van der Waals surface area contributed by atoms with E-state index in [4.69, 9.17) is 8.94 Å². The number of carbonyl (C=O) groups is 3. The van der Waals surface area contributed by atoms with Gasteiger partial charge in [-0.3, -0.25) is 14.4 Å². The average molecular weight is 382 g/mol. The van der Waals surface area contributed by atoms with Crippen LogP contribution in [0.2, 0.25) is 0 Å². The average Bonchev–Trinajstić information content (AvgIpc) is 3.33. The van der Waals surface area contributed by atoms with Crippen molar-refractivity contribution in [1.29, 1.82) is 0 Å². The molecule has 0 saturated heterocycles. The molecule has 144 valence electrons. The molecule has 3 amide bonds. The number of nitrogens with zero attached hydrogens (tertiary/aromatic N) is 2. The maximum Gasteiger partial charge on any atom is 0.291 e. The number of nitrogens with one attached hydrogen (secondary N) is 2. The van der Waals surface area contributed by atoms with Crippen LogP contribution in [0.15, 0.2) is 57.7 Å². The number of aryl methyl sites for hydroxylation is 1. The number of aromatic nitrogens is 1. The van der Waals surface area contributed by atoms with E-state index < -0.39 is 11.8 Å². The SMILES string of the molecule is Cc1cc(NC(=O)CN(C)C(=O)c2cccc(NC(=O)c3ccco3)c2)no1. The van der Waals surface area contributed by atoms with Crippen molar-refractivity contribution in [3.8, 4) is 0 Å². The van der Waals surface area contributed by atoms with Crippen LogP contribution in [0.3, 0.4) is 0 Å². The fraction of sp³-hybridized carbons (Fsp3) is 0.158. The van der Waals surface area contributed by atoms with E-state index in [-0.39, 0.29) is 24.0 Å². The molecule has 0 aliphatic rings. The van der Waals surface area contributed by atoms with Gasteiger partial charge >= 0.3 is 0 Å². The summed E-state index contributed by atoms with van der Waals surface area (Å²) in [5.74, 6) is -0.204. The van der Waals surface area contributed by atoms with Crippen LogP contribution in [0.5, 0.6) is 0 Å². The highest BCUT2D eigenvalue weighted by molar-refractivity contribution is 6.04. The minimum absolute atomic E-state index is 0.161. The van der Waals surface area contributed by atoms with E-state index in [1.807, 2.05) is 0 Å². The molecule has 3 aromatic rings. The summed E-state index contributed by atoms with van der Waals surface area (Å²) in [6.07, 6.45) is 1.40. The fourth-order valence-electron chi connectivity index (χ4n) is 2.45. The van der Waals surface area contributed by atoms with Gasteiger partial charge in [0.25, 0.3) is 11.8 Å². The van der Waals surface area contributed by atoms with Gasteiger partial charge in [0.2, 0.25) is 5.91 Å². The van der Waals surface area contributed by atoms with Gasteiger partial charge in [-0.25, -0.2) is 0 Å². The summed E-state index contributed by atoms with van der Waals surface area (Å²) in [6, 6.07) is 11.1. The maximum atomic E-state index is 12.6. The second-order valence-electron chi connectivity index (χ2n) is 6.04. The number of furan rings is 1. The Morgan fingerprint density at radius 2 is 1.93 bits per heavy atom. The quantitative estimate of drug-likeness (QED) is 0.676. The minimum atomic E-state index is -0.426. The number of amides is 3. The third-order valence-electron chi connectivity index (χ3n) is 3.74. The van der Waals surface area contributed by atoms with Crippen LogP contribution in [0, 0.1) is 6.92 Å².